The average molecular weight is 440 g/mol. The molecule has 1 aromatic heterocycles. The van der Waals surface area contributed by atoms with E-state index in [-0.39, 0.29) is 11.5 Å². The van der Waals surface area contributed by atoms with E-state index in [1.165, 1.54) is 4.90 Å². The molecule has 1 fully saturated rings. The Morgan fingerprint density at radius 1 is 1.16 bits per heavy atom. The van der Waals surface area contributed by atoms with E-state index in [4.69, 9.17) is 17.0 Å². The van der Waals surface area contributed by atoms with Crippen LogP contribution >= 0.6 is 12.2 Å². The number of morpholine rings is 1. The molecule has 1 amide bonds. The number of ether oxygens (including phenoxy) is 1. The first kappa shape index (κ1) is 21.4. The number of aromatic nitrogens is 2. The number of quaternary nitrogens is 1. The van der Waals surface area contributed by atoms with E-state index in [2.05, 4.69) is 10.3 Å². The second kappa shape index (κ2) is 10.00. The Morgan fingerprint density at radius 3 is 2.71 bits per heavy atom. The zero-order valence-corrected chi connectivity index (χ0v) is 18.2. The molecule has 4 rings (SSSR count). The van der Waals surface area contributed by atoms with Gasteiger partial charge in [-0.15, -0.1) is 0 Å². The molecule has 2 heterocycles. The molecule has 162 valence electrons. The van der Waals surface area contributed by atoms with Crippen molar-refractivity contribution in [2.24, 2.45) is 0 Å². The van der Waals surface area contributed by atoms with Crippen LogP contribution in [0.3, 0.4) is 0 Å². The first-order chi connectivity index (χ1) is 15.1. The van der Waals surface area contributed by atoms with Crippen molar-refractivity contribution in [2.75, 3.05) is 39.4 Å². The molecule has 0 saturated carbocycles. The van der Waals surface area contributed by atoms with Crippen LogP contribution in [0.15, 0.2) is 53.3 Å². The quantitative estimate of drug-likeness (QED) is 0.381. The van der Waals surface area contributed by atoms with Gasteiger partial charge in [-0.25, -0.2) is 0 Å². The summed E-state index contributed by atoms with van der Waals surface area (Å²) < 4.78 is 7.25. The number of amides is 1. The van der Waals surface area contributed by atoms with Crippen molar-refractivity contribution in [2.45, 2.75) is 13.0 Å². The van der Waals surface area contributed by atoms with E-state index >= 15 is 0 Å². The fraction of sp³-hybridized carbons (Fsp3) is 0.348. The molecule has 3 N–H and O–H groups in total. The van der Waals surface area contributed by atoms with Gasteiger partial charge in [0.2, 0.25) is 0 Å². The van der Waals surface area contributed by atoms with Crippen molar-refractivity contribution in [1.82, 2.24) is 14.9 Å². The molecule has 7 nitrogen and oxygen atoms in total. The summed E-state index contributed by atoms with van der Waals surface area (Å²) in [6, 6.07) is 14.8. The second-order valence-corrected chi connectivity index (χ2v) is 8.18. The highest BCUT2D eigenvalue weighted by atomic mass is 32.1. The number of fused-ring (bicyclic) bond motifs is 1. The first-order valence-corrected chi connectivity index (χ1v) is 11.0. The fourth-order valence-corrected chi connectivity index (χ4v) is 4.12. The highest BCUT2D eigenvalue weighted by Crippen LogP contribution is 2.12. The number of nitrogens with one attached hydrogen (secondary N) is 3. The molecule has 2 aromatic carbocycles. The predicted molar refractivity (Wildman–Crippen MR) is 122 cm³/mol. The van der Waals surface area contributed by atoms with Gasteiger partial charge in [-0.1, -0.05) is 30.3 Å². The third kappa shape index (κ3) is 5.28. The number of H-pyrrole nitrogens is 1. The van der Waals surface area contributed by atoms with Crippen molar-refractivity contribution in [3.63, 3.8) is 0 Å². The van der Waals surface area contributed by atoms with Gasteiger partial charge in [0.1, 0.15) is 13.1 Å². The van der Waals surface area contributed by atoms with E-state index < -0.39 is 0 Å². The van der Waals surface area contributed by atoms with Crippen LogP contribution in [0.2, 0.25) is 0 Å². The lowest BCUT2D eigenvalue weighted by atomic mass is 10.1. The molecule has 31 heavy (non-hydrogen) atoms. The maximum atomic E-state index is 13.0. The smallest absolute Gasteiger partial charge is 0.262 e. The number of nitrogens with zero attached hydrogens (tertiary/aromatic N) is 1. The minimum absolute atomic E-state index is 0.147. The number of rotatable bonds is 7. The molecular formula is C23H27N4O3S+. The standard InChI is InChI=1S/C23H26N4O3S/c28-21(24-9-4-10-26-11-13-30-14-12-26)18-7-8-19-20(15-18)25-23(31)27(22(19)29)16-17-5-2-1-3-6-17/h1-3,5-8,15H,4,9-14,16H2,(H,24,28)(H,25,31)/p+1. The van der Waals surface area contributed by atoms with Gasteiger partial charge < -0.3 is 19.9 Å². The monoisotopic (exact) mass is 439 g/mol. The van der Waals surface area contributed by atoms with Gasteiger partial charge in [-0.3, -0.25) is 14.2 Å². The Balaban J connectivity index is 1.44. The SMILES string of the molecule is O=C(NCCC[NH+]1CCOCC1)c1ccc2c(=O)n(Cc3ccccc3)c(=S)[nH]c2c1. The zero-order valence-electron chi connectivity index (χ0n) is 17.4. The summed E-state index contributed by atoms with van der Waals surface area (Å²) >= 11 is 5.42. The van der Waals surface area contributed by atoms with E-state index in [1.54, 1.807) is 22.8 Å². The number of hydrogen-bond donors (Lipinski definition) is 3. The summed E-state index contributed by atoms with van der Waals surface area (Å²) in [6.07, 6.45) is 0.918. The largest absolute Gasteiger partial charge is 0.370 e. The van der Waals surface area contributed by atoms with Crippen LogP contribution in [-0.2, 0) is 11.3 Å². The molecule has 1 aliphatic rings. The lowest BCUT2D eigenvalue weighted by molar-refractivity contribution is -0.908. The topological polar surface area (TPSA) is 80.6 Å². The van der Waals surface area contributed by atoms with Crippen LogP contribution < -0.4 is 15.8 Å². The summed E-state index contributed by atoms with van der Waals surface area (Å²) in [4.78, 5) is 30.1. The highest BCUT2D eigenvalue weighted by molar-refractivity contribution is 7.71. The number of carbonyl (C=O) groups excluding carboxylic acids is 1. The van der Waals surface area contributed by atoms with Gasteiger partial charge in [-0.2, -0.15) is 0 Å². The molecule has 8 heteroatoms. The van der Waals surface area contributed by atoms with Crippen molar-refractivity contribution in [1.29, 1.82) is 0 Å². The minimum Gasteiger partial charge on any atom is -0.370 e. The Labute approximate surface area is 185 Å². The normalized spacial score (nSPS) is 14.6. The molecule has 3 aromatic rings. The van der Waals surface area contributed by atoms with Crippen LogP contribution in [-0.4, -0.2) is 54.9 Å². The van der Waals surface area contributed by atoms with Gasteiger partial charge in [0, 0.05) is 18.5 Å². The molecular weight excluding hydrogens is 412 g/mol. The van der Waals surface area contributed by atoms with Crippen LogP contribution in [0, 0.1) is 4.77 Å². The number of hydrogen-bond acceptors (Lipinski definition) is 4. The van der Waals surface area contributed by atoms with Crippen LogP contribution in [0.5, 0.6) is 0 Å². The van der Waals surface area contributed by atoms with Crippen molar-refractivity contribution < 1.29 is 14.4 Å². The van der Waals surface area contributed by atoms with Crippen molar-refractivity contribution in [3.8, 4) is 0 Å². The molecule has 0 unspecified atom stereocenters. The summed E-state index contributed by atoms with van der Waals surface area (Å²) in [7, 11) is 0. The molecule has 0 aliphatic carbocycles. The summed E-state index contributed by atoms with van der Waals surface area (Å²) in [6.45, 7) is 5.73. The van der Waals surface area contributed by atoms with E-state index in [0.717, 1.165) is 44.8 Å². The molecule has 1 saturated heterocycles. The molecule has 1 aliphatic heterocycles. The highest BCUT2D eigenvalue weighted by Gasteiger charge is 2.14. The summed E-state index contributed by atoms with van der Waals surface area (Å²) in [5.41, 5.74) is 1.92. The third-order valence-electron chi connectivity index (χ3n) is 5.62. The Morgan fingerprint density at radius 2 is 1.94 bits per heavy atom. The molecule has 0 radical (unpaired) electrons. The van der Waals surface area contributed by atoms with Gasteiger partial charge in [-0.05, 0) is 36.0 Å². The van der Waals surface area contributed by atoms with Crippen molar-refractivity contribution in [3.05, 3.63) is 74.8 Å². The van der Waals surface area contributed by atoms with E-state index in [9.17, 15) is 9.59 Å². The summed E-state index contributed by atoms with van der Waals surface area (Å²) in [5, 5.41) is 3.48. The Kier molecular flexibility index (Phi) is 6.91. The van der Waals surface area contributed by atoms with Gasteiger partial charge in [0.15, 0.2) is 4.77 Å². The molecule has 0 atom stereocenters. The van der Waals surface area contributed by atoms with Gasteiger partial charge >= 0.3 is 0 Å². The maximum absolute atomic E-state index is 13.0. The fourth-order valence-electron chi connectivity index (χ4n) is 3.86. The predicted octanol–water partition coefficient (Wildman–Crippen LogP) is 1.14. The van der Waals surface area contributed by atoms with Crippen LogP contribution in [0.1, 0.15) is 22.3 Å². The lowest BCUT2D eigenvalue weighted by Gasteiger charge is -2.23. The lowest BCUT2D eigenvalue weighted by Crippen LogP contribution is -3.14. The molecule has 0 bridgehead atoms. The minimum atomic E-state index is -0.164. The average Bonchev–Trinajstić information content (AvgIpc) is 2.80. The van der Waals surface area contributed by atoms with Gasteiger partial charge in [0.25, 0.3) is 11.5 Å². The van der Waals surface area contributed by atoms with Crippen LogP contribution in [0.25, 0.3) is 10.9 Å². The number of carbonyl (C=O) groups is 1. The maximum Gasteiger partial charge on any atom is 0.262 e. The summed E-state index contributed by atoms with van der Waals surface area (Å²) in [5.74, 6) is -0.147. The number of aromatic amines is 1. The second-order valence-electron chi connectivity index (χ2n) is 7.79. The third-order valence-corrected chi connectivity index (χ3v) is 5.94. The zero-order chi connectivity index (χ0) is 21.6. The van der Waals surface area contributed by atoms with Crippen molar-refractivity contribution >= 4 is 29.0 Å². The van der Waals surface area contributed by atoms with Crippen LogP contribution in [0.4, 0.5) is 0 Å². The Bertz CT molecular complexity index is 1170. The van der Waals surface area contributed by atoms with E-state index in [0.29, 0.717) is 34.3 Å². The Hall–Kier alpha value is -2.81. The van der Waals surface area contributed by atoms with E-state index in [1.807, 2.05) is 30.3 Å². The first-order valence-electron chi connectivity index (χ1n) is 10.6. The number of benzene rings is 2. The van der Waals surface area contributed by atoms with Gasteiger partial charge in [0.05, 0.1) is 37.2 Å². The molecule has 0 spiro atoms.